The zero-order chi connectivity index (χ0) is 15.6. The second kappa shape index (κ2) is 5.88. The standard InChI is InChI=1S/C19H19N3O/c23-19(22-10-4-8-18(22)17-7-3-9-21-17)11-15-13-20-12-14-5-1-2-6-16(14)15/h1-3,5-7,9,12-13,18,21H,4,8,10-11H2. The van der Waals surface area contributed by atoms with Crippen molar-refractivity contribution < 1.29 is 4.79 Å². The van der Waals surface area contributed by atoms with E-state index in [1.165, 1.54) is 0 Å². The summed E-state index contributed by atoms with van der Waals surface area (Å²) >= 11 is 0. The number of pyridine rings is 1. The number of nitrogens with zero attached hydrogens (tertiary/aromatic N) is 2. The van der Waals surface area contributed by atoms with Gasteiger partial charge in [-0.25, -0.2) is 0 Å². The van der Waals surface area contributed by atoms with Crippen molar-refractivity contribution in [3.05, 3.63) is 66.2 Å². The zero-order valence-electron chi connectivity index (χ0n) is 12.9. The third-order valence-corrected chi connectivity index (χ3v) is 4.65. The van der Waals surface area contributed by atoms with E-state index in [1.807, 2.05) is 47.8 Å². The van der Waals surface area contributed by atoms with Crippen LogP contribution >= 0.6 is 0 Å². The van der Waals surface area contributed by atoms with Crippen molar-refractivity contribution in [1.29, 1.82) is 0 Å². The molecule has 4 rings (SSSR count). The van der Waals surface area contributed by atoms with Crippen LogP contribution in [0.4, 0.5) is 0 Å². The molecule has 1 fully saturated rings. The molecule has 1 aliphatic heterocycles. The van der Waals surface area contributed by atoms with E-state index in [1.54, 1.807) is 0 Å². The molecule has 0 aliphatic carbocycles. The molecule has 1 aromatic carbocycles. The Morgan fingerprint density at radius 3 is 3.00 bits per heavy atom. The first-order valence-electron chi connectivity index (χ1n) is 8.07. The lowest BCUT2D eigenvalue weighted by Gasteiger charge is -2.24. The summed E-state index contributed by atoms with van der Waals surface area (Å²) in [5.41, 5.74) is 2.14. The number of likely N-dealkylation sites (tertiary alicyclic amines) is 1. The molecule has 23 heavy (non-hydrogen) atoms. The molecule has 116 valence electrons. The predicted molar refractivity (Wildman–Crippen MR) is 89.9 cm³/mol. The Hall–Kier alpha value is -2.62. The van der Waals surface area contributed by atoms with Gasteiger partial charge in [0.25, 0.3) is 0 Å². The van der Waals surface area contributed by atoms with Gasteiger partial charge in [-0.1, -0.05) is 24.3 Å². The summed E-state index contributed by atoms with van der Waals surface area (Å²) in [5.74, 6) is 0.181. The van der Waals surface area contributed by atoms with Crippen molar-refractivity contribution in [1.82, 2.24) is 14.9 Å². The Balaban J connectivity index is 1.59. The minimum absolute atomic E-state index is 0.181. The van der Waals surface area contributed by atoms with Gasteiger partial charge in [-0.3, -0.25) is 9.78 Å². The van der Waals surface area contributed by atoms with Crippen LogP contribution in [0.15, 0.2) is 55.0 Å². The van der Waals surface area contributed by atoms with Crippen molar-refractivity contribution in [3.63, 3.8) is 0 Å². The second-order valence-electron chi connectivity index (χ2n) is 6.07. The van der Waals surface area contributed by atoms with Crippen LogP contribution in [0.5, 0.6) is 0 Å². The summed E-state index contributed by atoms with van der Waals surface area (Å²) in [4.78, 5) is 22.4. The first-order valence-corrected chi connectivity index (χ1v) is 8.07. The number of benzene rings is 1. The van der Waals surface area contributed by atoms with Crippen LogP contribution in [0.25, 0.3) is 10.8 Å². The molecule has 4 nitrogen and oxygen atoms in total. The third kappa shape index (κ3) is 2.61. The topological polar surface area (TPSA) is 49.0 Å². The molecule has 3 aromatic rings. The maximum Gasteiger partial charge on any atom is 0.227 e. The molecule has 0 spiro atoms. The van der Waals surface area contributed by atoms with Crippen LogP contribution in [0.3, 0.4) is 0 Å². The lowest BCUT2D eigenvalue weighted by Crippen LogP contribution is -2.32. The van der Waals surface area contributed by atoms with Gasteiger partial charge in [-0.15, -0.1) is 0 Å². The van der Waals surface area contributed by atoms with Crippen LogP contribution in [0.2, 0.25) is 0 Å². The minimum Gasteiger partial charge on any atom is -0.363 e. The van der Waals surface area contributed by atoms with Crippen molar-refractivity contribution >= 4 is 16.7 Å². The highest BCUT2D eigenvalue weighted by Gasteiger charge is 2.30. The van der Waals surface area contributed by atoms with E-state index in [9.17, 15) is 4.79 Å². The van der Waals surface area contributed by atoms with Gasteiger partial charge in [-0.2, -0.15) is 0 Å². The van der Waals surface area contributed by atoms with Gasteiger partial charge in [0.1, 0.15) is 0 Å². The number of hydrogen-bond donors (Lipinski definition) is 1. The Bertz CT molecular complexity index is 820. The maximum absolute atomic E-state index is 12.8. The summed E-state index contributed by atoms with van der Waals surface area (Å²) < 4.78 is 0. The van der Waals surface area contributed by atoms with Gasteiger partial charge in [-0.05, 0) is 35.9 Å². The molecule has 0 bridgehead atoms. The molecule has 0 radical (unpaired) electrons. The number of nitrogens with one attached hydrogen (secondary N) is 1. The van der Waals surface area contributed by atoms with Crippen LogP contribution in [0.1, 0.15) is 30.1 Å². The van der Waals surface area contributed by atoms with E-state index in [2.05, 4.69) is 22.1 Å². The van der Waals surface area contributed by atoms with Gasteiger partial charge < -0.3 is 9.88 Å². The fraction of sp³-hybridized carbons (Fsp3) is 0.263. The summed E-state index contributed by atoms with van der Waals surface area (Å²) in [7, 11) is 0. The minimum atomic E-state index is 0.181. The summed E-state index contributed by atoms with van der Waals surface area (Å²) in [6.45, 7) is 0.834. The Kier molecular flexibility index (Phi) is 3.58. The monoisotopic (exact) mass is 305 g/mol. The fourth-order valence-corrected chi connectivity index (χ4v) is 3.52. The SMILES string of the molecule is O=C(Cc1cncc2ccccc12)N1CCCC1c1ccc[nH]1. The average molecular weight is 305 g/mol. The predicted octanol–water partition coefficient (Wildman–Crippen LogP) is 3.47. The third-order valence-electron chi connectivity index (χ3n) is 4.65. The van der Waals surface area contributed by atoms with E-state index in [-0.39, 0.29) is 11.9 Å². The van der Waals surface area contributed by atoms with Crippen molar-refractivity contribution in [2.75, 3.05) is 6.54 Å². The second-order valence-corrected chi connectivity index (χ2v) is 6.07. The summed E-state index contributed by atoms with van der Waals surface area (Å²) in [5, 5.41) is 2.20. The molecule has 1 saturated heterocycles. The fourth-order valence-electron chi connectivity index (χ4n) is 3.52. The van der Waals surface area contributed by atoms with Gasteiger partial charge in [0.05, 0.1) is 12.5 Å². The zero-order valence-corrected chi connectivity index (χ0v) is 12.9. The average Bonchev–Trinajstić information content (AvgIpc) is 3.26. The molecule has 3 heterocycles. The molecule has 1 N–H and O–H groups in total. The number of carbonyl (C=O) groups is 1. The molecule has 1 amide bonds. The molecule has 1 unspecified atom stereocenters. The number of aromatic nitrogens is 2. The van der Waals surface area contributed by atoms with E-state index < -0.39 is 0 Å². The molecule has 2 aromatic heterocycles. The number of H-pyrrole nitrogens is 1. The van der Waals surface area contributed by atoms with Gasteiger partial charge in [0.2, 0.25) is 5.91 Å². The molecule has 4 heteroatoms. The number of rotatable bonds is 3. The van der Waals surface area contributed by atoms with Crippen molar-refractivity contribution in [2.24, 2.45) is 0 Å². The maximum atomic E-state index is 12.8. The van der Waals surface area contributed by atoms with Crippen molar-refractivity contribution in [3.8, 4) is 0 Å². The lowest BCUT2D eigenvalue weighted by atomic mass is 10.0. The van der Waals surface area contributed by atoms with E-state index in [0.29, 0.717) is 6.42 Å². The first-order chi connectivity index (χ1) is 11.3. The molecule has 1 aliphatic rings. The van der Waals surface area contributed by atoms with Crippen LogP contribution in [-0.4, -0.2) is 27.3 Å². The number of hydrogen-bond acceptors (Lipinski definition) is 2. The highest BCUT2D eigenvalue weighted by molar-refractivity contribution is 5.89. The quantitative estimate of drug-likeness (QED) is 0.805. The number of aromatic amines is 1. The largest absolute Gasteiger partial charge is 0.363 e. The molecule has 0 saturated carbocycles. The Morgan fingerprint density at radius 1 is 1.22 bits per heavy atom. The van der Waals surface area contributed by atoms with Crippen molar-refractivity contribution in [2.45, 2.75) is 25.3 Å². The van der Waals surface area contributed by atoms with Crippen LogP contribution in [-0.2, 0) is 11.2 Å². The Labute approximate surface area is 135 Å². The van der Waals surface area contributed by atoms with E-state index in [4.69, 9.17) is 0 Å². The highest BCUT2D eigenvalue weighted by Crippen LogP contribution is 2.31. The van der Waals surface area contributed by atoms with Gasteiger partial charge in [0, 0.05) is 36.2 Å². The van der Waals surface area contributed by atoms with E-state index in [0.717, 1.165) is 41.4 Å². The normalized spacial score (nSPS) is 17.7. The molecular formula is C19H19N3O. The summed E-state index contributed by atoms with van der Waals surface area (Å²) in [6, 6.07) is 12.3. The molecular weight excluding hydrogens is 286 g/mol. The number of carbonyl (C=O) groups excluding carboxylic acids is 1. The lowest BCUT2D eigenvalue weighted by molar-refractivity contribution is -0.131. The summed E-state index contributed by atoms with van der Waals surface area (Å²) in [6.07, 6.45) is 8.08. The highest BCUT2D eigenvalue weighted by atomic mass is 16.2. The van der Waals surface area contributed by atoms with Crippen LogP contribution < -0.4 is 0 Å². The van der Waals surface area contributed by atoms with Gasteiger partial charge in [0.15, 0.2) is 0 Å². The smallest absolute Gasteiger partial charge is 0.227 e. The first kappa shape index (κ1) is 14.0. The molecule has 1 atom stereocenters. The Morgan fingerprint density at radius 2 is 2.13 bits per heavy atom. The van der Waals surface area contributed by atoms with E-state index >= 15 is 0 Å². The van der Waals surface area contributed by atoms with Gasteiger partial charge >= 0.3 is 0 Å². The number of amides is 1. The van der Waals surface area contributed by atoms with Crippen LogP contribution in [0, 0.1) is 0 Å². The number of fused-ring (bicyclic) bond motifs is 1.